The van der Waals surface area contributed by atoms with E-state index in [0.717, 1.165) is 23.4 Å². The molecule has 0 saturated heterocycles. The van der Waals surface area contributed by atoms with Gasteiger partial charge in [0, 0.05) is 29.7 Å². The lowest BCUT2D eigenvalue weighted by Crippen LogP contribution is -2.23. The van der Waals surface area contributed by atoms with E-state index in [2.05, 4.69) is 29.2 Å². The largest absolute Gasteiger partial charge is 0.476 e. The Labute approximate surface area is 167 Å². The van der Waals surface area contributed by atoms with Crippen molar-refractivity contribution in [2.75, 3.05) is 0 Å². The average molecular weight is 398 g/mol. The van der Waals surface area contributed by atoms with Gasteiger partial charge in [-0.1, -0.05) is 32.0 Å². The van der Waals surface area contributed by atoms with E-state index in [4.69, 9.17) is 5.11 Å². The molecule has 1 amide bonds. The van der Waals surface area contributed by atoms with Crippen molar-refractivity contribution >= 4 is 23.2 Å². The van der Waals surface area contributed by atoms with Crippen molar-refractivity contribution in [3.05, 3.63) is 58.4 Å². The summed E-state index contributed by atoms with van der Waals surface area (Å²) in [4.78, 5) is 27.7. The molecule has 0 fully saturated rings. The fourth-order valence-electron chi connectivity index (χ4n) is 2.80. The van der Waals surface area contributed by atoms with Crippen LogP contribution in [0.25, 0.3) is 10.6 Å². The molecule has 146 valence electrons. The molecule has 0 atom stereocenters. The maximum absolute atomic E-state index is 12.5. The summed E-state index contributed by atoms with van der Waals surface area (Å²) in [5.41, 5.74) is 3.19. The van der Waals surface area contributed by atoms with E-state index in [0.29, 0.717) is 23.0 Å². The second-order valence-electron chi connectivity index (χ2n) is 6.95. The zero-order chi connectivity index (χ0) is 20.3. The molecule has 2 heterocycles. The van der Waals surface area contributed by atoms with Gasteiger partial charge in [0.1, 0.15) is 5.01 Å². The average Bonchev–Trinajstić information content (AvgIpc) is 3.28. The topological polar surface area (TPSA) is 97.1 Å². The summed E-state index contributed by atoms with van der Waals surface area (Å²) in [6.07, 6.45) is 1.60. The first-order valence-corrected chi connectivity index (χ1v) is 9.82. The van der Waals surface area contributed by atoms with E-state index in [1.54, 1.807) is 6.20 Å². The van der Waals surface area contributed by atoms with Gasteiger partial charge in [-0.2, -0.15) is 5.10 Å². The van der Waals surface area contributed by atoms with Gasteiger partial charge >= 0.3 is 5.97 Å². The number of aromatic nitrogens is 3. The van der Waals surface area contributed by atoms with Crippen LogP contribution in [-0.2, 0) is 13.1 Å². The number of benzene rings is 1. The number of carbonyl (C=O) groups is 2. The van der Waals surface area contributed by atoms with Crippen LogP contribution in [0.3, 0.4) is 0 Å². The smallest absolute Gasteiger partial charge is 0.355 e. The molecule has 0 radical (unpaired) electrons. The normalized spacial score (nSPS) is 11.0. The SMILES string of the molecule is Cc1c(C(=O)NCc2cccc(-c3nc(C(=O)O)cs3)c2)cnn1CC(C)C. The Kier molecular flexibility index (Phi) is 5.89. The van der Waals surface area contributed by atoms with Gasteiger partial charge in [0.2, 0.25) is 0 Å². The molecular formula is C20H22N4O3S. The first-order chi connectivity index (χ1) is 13.3. The van der Waals surface area contributed by atoms with Crippen molar-refractivity contribution in [1.29, 1.82) is 0 Å². The van der Waals surface area contributed by atoms with Crippen LogP contribution >= 0.6 is 11.3 Å². The molecule has 2 N–H and O–H groups in total. The third kappa shape index (κ3) is 4.45. The molecule has 7 nitrogen and oxygen atoms in total. The third-order valence-corrected chi connectivity index (χ3v) is 5.13. The highest BCUT2D eigenvalue weighted by molar-refractivity contribution is 7.13. The molecule has 1 aromatic carbocycles. The fourth-order valence-corrected chi connectivity index (χ4v) is 3.59. The minimum Gasteiger partial charge on any atom is -0.476 e. The summed E-state index contributed by atoms with van der Waals surface area (Å²) in [5.74, 6) is -0.760. The summed E-state index contributed by atoms with van der Waals surface area (Å²) in [6, 6.07) is 7.55. The van der Waals surface area contributed by atoms with Crippen LogP contribution in [0.4, 0.5) is 0 Å². The second-order valence-corrected chi connectivity index (χ2v) is 7.80. The number of carbonyl (C=O) groups excluding carboxylic acids is 1. The van der Waals surface area contributed by atoms with Crippen LogP contribution in [0.2, 0.25) is 0 Å². The van der Waals surface area contributed by atoms with Crippen molar-refractivity contribution in [1.82, 2.24) is 20.1 Å². The fraction of sp³-hybridized carbons (Fsp3) is 0.300. The van der Waals surface area contributed by atoms with Gasteiger partial charge in [0.15, 0.2) is 5.69 Å². The van der Waals surface area contributed by atoms with Crippen molar-refractivity contribution < 1.29 is 14.7 Å². The maximum Gasteiger partial charge on any atom is 0.355 e. The Bertz CT molecular complexity index is 1010. The number of aromatic carboxylic acids is 1. The second kappa shape index (κ2) is 8.35. The van der Waals surface area contributed by atoms with E-state index in [9.17, 15) is 9.59 Å². The van der Waals surface area contributed by atoms with Crippen LogP contribution in [0, 0.1) is 12.8 Å². The van der Waals surface area contributed by atoms with E-state index in [1.165, 1.54) is 16.7 Å². The van der Waals surface area contributed by atoms with Crippen molar-refractivity contribution in [2.24, 2.45) is 5.92 Å². The van der Waals surface area contributed by atoms with Gasteiger partial charge < -0.3 is 10.4 Å². The highest BCUT2D eigenvalue weighted by Crippen LogP contribution is 2.24. The molecule has 8 heteroatoms. The van der Waals surface area contributed by atoms with Gasteiger partial charge in [-0.25, -0.2) is 9.78 Å². The number of nitrogens with one attached hydrogen (secondary N) is 1. The van der Waals surface area contributed by atoms with Crippen molar-refractivity contribution in [3.8, 4) is 10.6 Å². The van der Waals surface area contributed by atoms with Crippen LogP contribution in [-0.4, -0.2) is 31.7 Å². The zero-order valence-corrected chi connectivity index (χ0v) is 16.8. The highest BCUT2D eigenvalue weighted by atomic mass is 32.1. The van der Waals surface area contributed by atoms with Gasteiger partial charge in [0.05, 0.1) is 11.8 Å². The van der Waals surface area contributed by atoms with Crippen LogP contribution in [0.1, 0.15) is 46.0 Å². The first kappa shape index (κ1) is 19.8. The lowest BCUT2D eigenvalue weighted by molar-refractivity contribution is 0.0691. The number of carboxylic acid groups (broad SMARTS) is 1. The number of hydrogen-bond acceptors (Lipinski definition) is 5. The highest BCUT2D eigenvalue weighted by Gasteiger charge is 2.15. The summed E-state index contributed by atoms with van der Waals surface area (Å²) in [7, 11) is 0. The van der Waals surface area contributed by atoms with Crippen molar-refractivity contribution in [3.63, 3.8) is 0 Å². The lowest BCUT2D eigenvalue weighted by atomic mass is 10.1. The van der Waals surface area contributed by atoms with Gasteiger partial charge in [-0.15, -0.1) is 11.3 Å². The van der Waals surface area contributed by atoms with E-state index in [1.807, 2.05) is 35.9 Å². The number of rotatable bonds is 7. The number of amides is 1. The molecule has 0 aliphatic heterocycles. The summed E-state index contributed by atoms with van der Waals surface area (Å²) in [5, 5.41) is 18.4. The quantitative estimate of drug-likeness (QED) is 0.634. The number of hydrogen-bond donors (Lipinski definition) is 2. The standard InChI is InChI=1S/C20H22N4O3S/c1-12(2)10-24-13(3)16(9-22-24)18(25)21-8-14-5-4-6-15(7-14)19-23-17(11-28-19)20(26)27/h4-7,9,11-12H,8,10H2,1-3H3,(H,21,25)(H,26,27). The first-order valence-electron chi connectivity index (χ1n) is 8.94. The van der Waals surface area contributed by atoms with E-state index in [-0.39, 0.29) is 11.6 Å². The lowest BCUT2D eigenvalue weighted by Gasteiger charge is -2.09. The molecule has 3 aromatic rings. The van der Waals surface area contributed by atoms with Crippen LogP contribution in [0.5, 0.6) is 0 Å². The van der Waals surface area contributed by atoms with Crippen LogP contribution in [0.15, 0.2) is 35.8 Å². The molecule has 0 aliphatic rings. The molecular weight excluding hydrogens is 376 g/mol. The molecule has 0 unspecified atom stereocenters. The molecule has 2 aromatic heterocycles. The maximum atomic E-state index is 12.5. The monoisotopic (exact) mass is 398 g/mol. The van der Waals surface area contributed by atoms with E-state index >= 15 is 0 Å². The van der Waals surface area contributed by atoms with Crippen LogP contribution < -0.4 is 5.32 Å². The van der Waals surface area contributed by atoms with Gasteiger partial charge in [0.25, 0.3) is 5.91 Å². The Morgan fingerprint density at radius 2 is 2.11 bits per heavy atom. The van der Waals surface area contributed by atoms with Crippen molar-refractivity contribution in [2.45, 2.75) is 33.9 Å². The number of nitrogens with zero attached hydrogens (tertiary/aromatic N) is 3. The number of thiazole rings is 1. The molecule has 0 spiro atoms. The Morgan fingerprint density at radius 3 is 2.79 bits per heavy atom. The predicted molar refractivity (Wildman–Crippen MR) is 107 cm³/mol. The summed E-state index contributed by atoms with van der Waals surface area (Å²) < 4.78 is 1.85. The number of carboxylic acids is 1. The molecule has 0 aliphatic carbocycles. The Morgan fingerprint density at radius 1 is 1.32 bits per heavy atom. The third-order valence-electron chi connectivity index (χ3n) is 4.24. The molecule has 3 rings (SSSR count). The Balaban J connectivity index is 1.68. The van der Waals surface area contributed by atoms with Gasteiger partial charge in [-0.05, 0) is 24.5 Å². The zero-order valence-electron chi connectivity index (χ0n) is 16.0. The van der Waals surface area contributed by atoms with E-state index < -0.39 is 5.97 Å². The Hall–Kier alpha value is -3.00. The predicted octanol–water partition coefficient (Wildman–Crippen LogP) is 3.60. The minimum atomic E-state index is -1.04. The summed E-state index contributed by atoms with van der Waals surface area (Å²) >= 11 is 1.28. The van der Waals surface area contributed by atoms with Gasteiger partial charge in [-0.3, -0.25) is 9.48 Å². The molecule has 0 saturated carbocycles. The molecule has 28 heavy (non-hydrogen) atoms. The molecule has 0 bridgehead atoms. The summed E-state index contributed by atoms with van der Waals surface area (Å²) in [6.45, 7) is 7.24. The minimum absolute atomic E-state index is 0.0348.